The number of anilines is 1. The third kappa shape index (κ3) is 3.53. The van der Waals surface area contributed by atoms with Gasteiger partial charge in [-0.1, -0.05) is 0 Å². The van der Waals surface area contributed by atoms with E-state index in [0.717, 1.165) is 12.1 Å². The Hall–Kier alpha value is -2.08. The van der Waals surface area contributed by atoms with E-state index in [1.807, 2.05) is 22.6 Å². The standard InChI is InChI=1S/C14H12F2IN5O2/c1-6(23)5-18-12-10-11(17)21-22-13(10)20-14(19-12)24-9-3-2-7(15)4-8(9)16/h2-4,6,23H,5H2,1H3,(H2,18,19,20,21,22). The first-order valence-corrected chi connectivity index (χ1v) is 7.98. The normalized spacial score (nSPS) is 12.4. The molecule has 3 rings (SSSR count). The van der Waals surface area contributed by atoms with Crippen LogP contribution in [-0.2, 0) is 0 Å². The van der Waals surface area contributed by atoms with Gasteiger partial charge in [-0.05, 0) is 41.6 Å². The number of aromatic nitrogens is 4. The lowest BCUT2D eigenvalue weighted by atomic mass is 10.3. The fourth-order valence-electron chi connectivity index (χ4n) is 1.94. The van der Waals surface area contributed by atoms with Gasteiger partial charge in [0.05, 0.1) is 11.5 Å². The molecule has 0 fully saturated rings. The van der Waals surface area contributed by atoms with E-state index in [9.17, 15) is 13.9 Å². The monoisotopic (exact) mass is 447 g/mol. The van der Waals surface area contributed by atoms with Crippen LogP contribution in [0.15, 0.2) is 18.2 Å². The van der Waals surface area contributed by atoms with Crippen molar-refractivity contribution in [2.45, 2.75) is 13.0 Å². The maximum absolute atomic E-state index is 13.7. The van der Waals surface area contributed by atoms with Gasteiger partial charge in [-0.3, -0.25) is 5.10 Å². The zero-order valence-corrected chi connectivity index (χ0v) is 14.5. The van der Waals surface area contributed by atoms with Crippen LogP contribution in [0.4, 0.5) is 14.6 Å². The topological polar surface area (TPSA) is 95.9 Å². The third-order valence-electron chi connectivity index (χ3n) is 3.01. The molecule has 3 N–H and O–H groups in total. The van der Waals surface area contributed by atoms with E-state index in [0.29, 0.717) is 26.6 Å². The highest BCUT2D eigenvalue weighted by Crippen LogP contribution is 2.28. The van der Waals surface area contributed by atoms with Crippen LogP contribution in [0, 0.1) is 15.3 Å². The van der Waals surface area contributed by atoms with Crippen molar-refractivity contribution in [3.8, 4) is 11.8 Å². The number of nitrogens with zero attached hydrogens (tertiary/aromatic N) is 3. The van der Waals surface area contributed by atoms with Gasteiger partial charge in [-0.25, -0.2) is 8.78 Å². The lowest BCUT2D eigenvalue weighted by Gasteiger charge is -2.10. The minimum atomic E-state index is -0.867. The quantitative estimate of drug-likeness (QED) is 0.521. The van der Waals surface area contributed by atoms with Gasteiger partial charge >= 0.3 is 6.01 Å². The zero-order chi connectivity index (χ0) is 17.3. The van der Waals surface area contributed by atoms with Crippen LogP contribution >= 0.6 is 22.6 Å². The Balaban J connectivity index is 1.99. The second-order valence-corrected chi connectivity index (χ2v) is 6.08. The van der Waals surface area contributed by atoms with Crippen molar-refractivity contribution in [1.29, 1.82) is 0 Å². The second-order valence-electron chi connectivity index (χ2n) is 5.00. The van der Waals surface area contributed by atoms with Crippen LogP contribution in [0.25, 0.3) is 11.0 Å². The Morgan fingerprint density at radius 2 is 2.17 bits per heavy atom. The van der Waals surface area contributed by atoms with E-state index in [1.54, 1.807) is 6.92 Å². The molecule has 2 heterocycles. The molecule has 1 atom stereocenters. The molecule has 1 aromatic carbocycles. The Kier molecular flexibility index (Phi) is 4.76. The lowest BCUT2D eigenvalue weighted by Crippen LogP contribution is -2.16. The summed E-state index contributed by atoms with van der Waals surface area (Å²) in [6.45, 7) is 1.87. The molecule has 10 heteroatoms. The molecule has 0 bridgehead atoms. The molecule has 2 aromatic heterocycles. The van der Waals surface area contributed by atoms with Crippen molar-refractivity contribution >= 4 is 39.4 Å². The van der Waals surface area contributed by atoms with E-state index in [4.69, 9.17) is 4.74 Å². The zero-order valence-electron chi connectivity index (χ0n) is 12.3. The van der Waals surface area contributed by atoms with Crippen LogP contribution < -0.4 is 10.1 Å². The maximum atomic E-state index is 13.7. The van der Waals surface area contributed by atoms with Gasteiger partial charge in [0.2, 0.25) is 0 Å². The summed E-state index contributed by atoms with van der Waals surface area (Å²) in [7, 11) is 0. The molecular formula is C14H12F2IN5O2. The largest absolute Gasteiger partial charge is 0.421 e. The number of aliphatic hydroxyl groups excluding tert-OH is 1. The van der Waals surface area contributed by atoms with Crippen molar-refractivity contribution in [3.63, 3.8) is 0 Å². The van der Waals surface area contributed by atoms with Crippen molar-refractivity contribution in [3.05, 3.63) is 33.5 Å². The summed E-state index contributed by atoms with van der Waals surface area (Å²) in [6, 6.07) is 2.78. The molecule has 24 heavy (non-hydrogen) atoms. The molecule has 0 radical (unpaired) electrons. The van der Waals surface area contributed by atoms with Crippen molar-refractivity contribution in [2.75, 3.05) is 11.9 Å². The number of aromatic amines is 1. The molecule has 0 aliphatic heterocycles. The molecule has 0 aliphatic rings. The van der Waals surface area contributed by atoms with E-state index < -0.39 is 17.7 Å². The number of halogens is 3. The molecule has 0 saturated heterocycles. The SMILES string of the molecule is CC(O)CNc1nc(Oc2ccc(F)cc2F)nc2n[nH]c(I)c12. The average molecular weight is 447 g/mol. The molecular weight excluding hydrogens is 435 g/mol. The number of fused-ring (bicyclic) bond motifs is 1. The van der Waals surface area contributed by atoms with Crippen LogP contribution in [0.1, 0.15) is 6.92 Å². The number of H-pyrrole nitrogens is 1. The highest BCUT2D eigenvalue weighted by Gasteiger charge is 2.16. The number of hydrogen-bond acceptors (Lipinski definition) is 6. The van der Waals surface area contributed by atoms with Gasteiger partial charge in [0.15, 0.2) is 17.2 Å². The number of aliphatic hydroxyl groups is 1. The van der Waals surface area contributed by atoms with Crippen LogP contribution in [0.5, 0.6) is 11.8 Å². The van der Waals surface area contributed by atoms with Gasteiger partial charge in [-0.15, -0.1) is 0 Å². The van der Waals surface area contributed by atoms with E-state index >= 15 is 0 Å². The van der Waals surface area contributed by atoms with Gasteiger partial charge in [0, 0.05) is 12.6 Å². The Morgan fingerprint density at radius 3 is 2.88 bits per heavy atom. The molecule has 0 saturated carbocycles. The fraction of sp³-hybridized carbons (Fsp3) is 0.214. The van der Waals surface area contributed by atoms with Gasteiger partial charge in [0.25, 0.3) is 0 Å². The molecule has 3 aromatic rings. The Labute approximate surface area is 148 Å². The number of nitrogens with one attached hydrogen (secondary N) is 2. The summed E-state index contributed by atoms with van der Waals surface area (Å²) in [5, 5.41) is 19.8. The van der Waals surface area contributed by atoms with Gasteiger partial charge in [0.1, 0.15) is 15.3 Å². The maximum Gasteiger partial charge on any atom is 0.326 e. The summed E-state index contributed by atoms with van der Waals surface area (Å²) in [5.41, 5.74) is 0.319. The van der Waals surface area contributed by atoms with Crippen LogP contribution in [-0.4, -0.2) is 37.9 Å². The first-order valence-electron chi connectivity index (χ1n) is 6.90. The smallest absolute Gasteiger partial charge is 0.326 e. The third-order valence-corrected chi connectivity index (χ3v) is 3.79. The number of rotatable bonds is 5. The van der Waals surface area contributed by atoms with Gasteiger partial charge in [-0.2, -0.15) is 15.1 Å². The fourth-order valence-corrected chi connectivity index (χ4v) is 2.56. The summed E-state index contributed by atoms with van der Waals surface area (Å²) >= 11 is 2.04. The molecule has 126 valence electrons. The van der Waals surface area contributed by atoms with E-state index in [2.05, 4.69) is 25.5 Å². The van der Waals surface area contributed by atoms with Crippen LogP contribution in [0.3, 0.4) is 0 Å². The highest BCUT2D eigenvalue weighted by molar-refractivity contribution is 14.1. The molecule has 0 amide bonds. The number of ether oxygens (including phenoxy) is 1. The summed E-state index contributed by atoms with van der Waals surface area (Å²) in [4.78, 5) is 8.28. The summed E-state index contributed by atoms with van der Waals surface area (Å²) in [6.07, 6.45) is -0.599. The first kappa shape index (κ1) is 16.8. The van der Waals surface area contributed by atoms with Gasteiger partial charge < -0.3 is 15.2 Å². The molecule has 0 spiro atoms. The summed E-state index contributed by atoms with van der Waals surface area (Å²) < 4.78 is 32.7. The predicted molar refractivity (Wildman–Crippen MR) is 91.0 cm³/mol. The molecule has 0 aliphatic carbocycles. The lowest BCUT2D eigenvalue weighted by molar-refractivity contribution is 0.208. The molecule has 7 nitrogen and oxygen atoms in total. The summed E-state index contributed by atoms with van der Waals surface area (Å²) in [5.74, 6) is -1.40. The van der Waals surface area contributed by atoms with Crippen molar-refractivity contribution < 1.29 is 18.6 Å². The number of hydrogen-bond donors (Lipinski definition) is 3. The van der Waals surface area contributed by atoms with E-state index in [-0.39, 0.29) is 18.3 Å². The first-order chi connectivity index (χ1) is 11.4. The molecule has 1 unspecified atom stereocenters. The Bertz CT molecular complexity index is 887. The highest BCUT2D eigenvalue weighted by atomic mass is 127. The van der Waals surface area contributed by atoms with Crippen LogP contribution in [0.2, 0.25) is 0 Å². The average Bonchev–Trinajstić information content (AvgIpc) is 2.89. The second kappa shape index (κ2) is 6.81. The predicted octanol–water partition coefficient (Wildman–Crippen LogP) is 2.82. The van der Waals surface area contributed by atoms with E-state index in [1.165, 1.54) is 0 Å². The van der Waals surface area contributed by atoms with Crippen molar-refractivity contribution in [2.24, 2.45) is 0 Å². The minimum Gasteiger partial charge on any atom is -0.421 e. The minimum absolute atomic E-state index is 0.149. The number of benzene rings is 1. The van der Waals surface area contributed by atoms with Crippen molar-refractivity contribution in [1.82, 2.24) is 20.2 Å². The Morgan fingerprint density at radius 1 is 1.38 bits per heavy atom.